The van der Waals surface area contributed by atoms with Crippen molar-refractivity contribution >= 4 is 29.1 Å². The molecule has 5 nitrogen and oxygen atoms in total. The normalized spacial score (nSPS) is 22.1. The Balaban J connectivity index is 1.74. The topological polar surface area (TPSA) is 49.9 Å². The molecule has 2 fully saturated rings. The van der Waals surface area contributed by atoms with E-state index in [-0.39, 0.29) is 24.2 Å². The quantitative estimate of drug-likeness (QED) is 0.842. The third-order valence-corrected chi connectivity index (χ3v) is 5.24. The van der Waals surface area contributed by atoms with Crippen molar-refractivity contribution in [1.29, 1.82) is 0 Å². The molecule has 1 aromatic rings. The van der Waals surface area contributed by atoms with Crippen molar-refractivity contribution in [2.75, 3.05) is 31.6 Å². The summed E-state index contributed by atoms with van der Waals surface area (Å²) in [6, 6.07) is 5.18. The molecule has 2 heterocycles. The van der Waals surface area contributed by atoms with E-state index in [1.165, 1.54) is 0 Å². The van der Waals surface area contributed by atoms with Crippen LogP contribution < -0.4 is 9.64 Å². The predicted molar refractivity (Wildman–Crippen MR) is 93.4 cm³/mol. The van der Waals surface area contributed by atoms with Gasteiger partial charge in [0.25, 0.3) is 0 Å². The van der Waals surface area contributed by atoms with Crippen LogP contribution in [0.15, 0.2) is 18.2 Å². The molecule has 0 spiro atoms. The molecular weight excluding hydrogens is 328 g/mol. The Morgan fingerprint density at radius 2 is 2.00 bits per heavy atom. The second-order valence-corrected chi connectivity index (χ2v) is 7.17. The van der Waals surface area contributed by atoms with Crippen LogP contribution in [0.5, 0.6) is 5.75 Å². The van der Waals surface area contributed by atoms with Crippen molar-refractivity contribution in [2.45, 2.75) is 26.2 Å². The lowest BCUT2D eigenvalue weighted by atomic mass is 9.97. The van der Waals surface area contributed by atoms with Gasteiger partial charge < -0.3 is 14.5 Å². The largest absolute Gasteiger partial charge is 0.495 e. The van der Waals surface area contributed by atoms with Gasteiger partial charge in [-0.25, -0.2) is 0 Å². The fraction of sp³-hybridized carbons (Fsp3) is 0.556. The third-order valence-electron chi connectivity index (χ3n) is 5.00. The minimum Gasteiger partial charge on any atom is -0.495 e. The number of methoxy groups -OCH3 is 1. The molecule has 0 aliphatic carbocycles. The van der Waals surface area contributed by atoms with Crippen molar-refractivity contribution in [3.63, 3.8) is 0 Å². The molecule has 1 aromatic carbocycles. The third kappa shape index (κ3) is 3.36. The zero-order valence-corrected chi connectivity index (χ0v) is 14.9. The second-order valence-electron chi connectivity index (χ2n) is 6.73. The summed E-state index contributed by atoms with van der Waals surface area (Å²) in [5, 5.41) is 0.540. The lowest BCUT2D eigenvalue weighted by Crippen LogP contribution is -2.42. The average molecular weight is 351 g/mol. The minimum absolute atomic E-state index is 0.0562. The summed E-state index contributed by atoms with van der Waals surface area (Å²) < 4.78 is 5.34. The van der Waals surface area contributed by atoms with E-state index < -0.39 is 0 Å². The van der Waals surface area contributed by atoms with Crippen molar-refractivity contribution < 1.29 is 14.3 Å². The van der Waals surface area contributed by atoms with E-state index in [1.54, 1.807) is 30.2 Å². The molecule has 0 bridgehead atoms. The van der Waals surface area contributed by atoms with Crippen LogP contribution in [0.25, 0.3) is 0 Å². The van der Waals surface area contributed by atoms with E-state index in [1.807, 2.05) is 4.90 Å². The number of anilines is 1. The second kappa shape index (κ2) is 7.01. The highest BCUT2D eigenvalue weighted by Gasteiger charge is 2.38. The number of rotatable bonds is 3. The Morgan fingerprint density at radius 1 is 1.29 bits per heavy atom. The molecule has 24 heavy (non-hydrogen) atoms. The summed E-state index contributed by atoms with van der Waals surface area (Å²) in [6.07, 6.45) is 2.33. The molecule has 2 aliphatic rings. The molecular formula is C18H23ClN2O3. The molecule has 2 saturated heterocycles. The number of likely N-dealkylation sites (tertiary alicyclic amines) is 1. The molecule has 2 aliphatic heterocycles. The predicted octanol–water partition coefficient (Wildman–Crippen LogP) is 2.96. The molecule has 0 N–H and O–H groups in total. The molecule has 1 atom stereocenters. The number of hydrogen-bond donors (Lipinski definition) is 0. The Labute approximate surface area is 147 Å². The maximum absolute atomic E-state index is 12.7. The van der Waals surface area contributed by atoms with Gasteiger partial charge >= 0.3 is 0 Å². The van der Waals surface area contributed by atoms with E-state index in [2.05, 4.69) is 6.92 Å². The zero-order chi connectivity index (χ0) is 17.3. The summed E-state index contributed by atoms with van der Waals surface area (Å²) in [4.78, 5) is 28.7. The van der Waals surface area contributed by atoms with Crippen LogP contribution in [-0.4, -0.2) is 43.5 Å². The Morgan fingerprint density at radius 3 is 2.67 bits per heavy atom. The lowest BCUT2D eigenvalue weighted by molar-refractivity contribution is -0.137. The van der Waals surface area contributed by atoms with Crippen LogP contribution in [0.1, 0.15) is 26.2 Å². The molecule has 0 saturated carbocycles. The van der Waals surface area contributed by atoms with Crippen LogP contribution in [-0.2, 0) is 9.59 Å². The number of carbonyl (C=O) groups excluding carboxylic acids is 2. The van der Waals surface area contributed by atoms with Crippen molar-refractivity contribution in [2.24, 2.45) is 11.8 Å². The first-order valence-electron chi connectivity index (χ1n) is 8.42. The molecule has 130 valence electrons. The number of nitrogens with zero attached hydrogens (tertiary/aromatic N) is 2. The lowest BCUT2D eigenvalue weighted by Gasteiger charge is -2.32. The van der Waals surface area contributed by atoms with Crippen LogP contribution >= 0.6 is 11.6 Å². The summed E-state index contributed by atoms with van der Waals surface area (Å²) in [7, 11) is 1.56. The molecule has 0 radical (unpaired) electrons. The van der Waals surface area contributed by atoms with Crippen LogP contribution in [0.3, 0.4) is 0 Å². The van der Waals surface area contributed by atoms with E-state index in [0.717, 1.165) is 25.9 Å². The maximum Gasteiger partial charge on any atom is 0.228 e. The van der Waals surface area contributed by atoms with Gasteiger partial charge in [0.15, 0.2) is 0 Å². The molecule has 0 aromatic heterocycles. The molecule has 1 unspecified atom stereocenters. The highest BCUT2D eigenvalue weighted by molar-refractivity contribution is 6.31. The van der Waals surface area contributed by atoms with Crippen LogP contribution in [0.2, 0.25) is 5.02 Å². The summed E-state index contributed by atoms with van der Waals surface area (Å²) >= 11 is 6.07. The van der Waals surface area contributed by atoms with Gasteiger partial charge in [-0.1, -0.05) is 18.5 Å². The molecule has 3 rings (SSSR count). The standard InChI is InChI=1S/C18H23ClN2O3/c1-12-5-7-20(8-6-12)18(23)13-9-17(22)21(11-13)15-10-14(19)3-4-16(15)24-2/h3-4,10,12-13H,5-9,11H2,1-2H3. The number of ether oxygens (including phenoxy) is 1. The highest BCUT2D eigenvalue weighted by Crippen LogP contribution is 2.35. The van der Waals surface area contributed by atoms with Gasteiger partial charge in [-0.2, -0.15) is 0 Å². The fourth-order valence-electron chi connectivity index (χ4n) is 3.47. The highest BCUT2D eigenvalue weighted by atomic mass is 35.5. The summed E-state index contributed by atoms with van der Waals surface area (Å²) in [5.41, 5.74) is 0.637. The summed E-state index contributed by atoms with van der Waals surface area (Å²) in [6.45, 7) is 4.20. The Hall–Kier alpha value is -1.75. The van der Waals surface area contributed by atoms with E-state index >= 15 is 0 Å². The zero-order valence-electron chi connectivity index (χ0n) is 14.1. The summed E-state index contributed by atoms with van der Waals surface area (Å²) in [5.74, 6) is 1.02. The van der Waals surface area contributed by atoms with Crippen LogP contribution in [0, 0.1) is 11.8 Å². The van der Waals surface area contributed by atoms with Gasteiger partial charge in [-0.15, -0.1) is 0 Å². The smallest absolute Gasteiger partial charge is 0.228 e. The van der Waals surface area contributed by atoms with Gasteiger partial charge in [-0.3, -0.25) is 9.59 Å². The minimum atomic E-state index is -0.283. The van der Waals surface area contributed by atoms with Crippen molar-refractivity contribution in [3.8, 4) is 5.75 Å². The van der Waals surface area contributed by atoms with Gasteiger partial charge in [0.05, 0.1) is 18.7 Å². The molecule has 6 heteroatoms. The number of benzene rings is 1. The van der Waals surface area contributed by atoms with Gasteiger partial charge in [0.2, 0.25) is 11.8 Å². The van der Waals surface area contributed by atoms with Crippen LogP contribution in [0.4, 0.5) is 5.69 Å². The van der Waals surface area contributed by atoms with Crippen molar-refractivity contribution in [1.82, 2.24) is 4.90 Å². The number of piperidine rings is 1. The number of amides is 2. The number of halogens is 1. The van der Waals surface area contributed by atoms with E-state index in [0.29, 0.717) is 28.9 Å². The van der Waals surface area contributed by atoms with E-state index in [4.69, 9.17) is 16.3 Å². The first-order valence-corrected chi connectivity index (χ1v) is 8.80. The first kappa shape index (κ1) is 17.1. The van der Waals surface area contributed by atoms with Gasteiger partial charge in [0.1, 0.15) is 5.75 Å². The monoisotopic (exact) mass is 350 g/mol. The Kier molecular flexibility index (Phi) is 4.99. The molecule has 2 amide bonds. The van der Waals surface area contributed by atoms with Gasteiger partial charge in [0, 0.05) is 31.1 Å². The average Bonchev–Trinajstić information content (AvgIpc) is 2.96. The SMILES string of the molecule is COc1ccc(Cl)cc1N1CC(C(=O)N2CCC(C)CC2)CC1=O. The number of carbonyl (C=O) groups is 2. The first-order chi connectivity index (χ1) is 11.5. The van der Waals surface area contributed by atoms with E-state index in [9.17, 15) is 9.59 Å². The van der Waals surface area contributed by atoms with Crippen molar-refractivity contribution in [3.05, 3.63) is 23.2 Å². The van der Waals surface area contributed by atoms with Gasteiger partial charge in [-0.05, 0) is 37.0 Å². The Bertz CT molecular complexity index is 641. The fourth-order valence-corrected chi connectivity index (χ4v) is 3.63. The maximum atomic E-state index is 12.7. The number of hydrogen-bond acceptors (Lipinski definition) is 3.